The zero-order chi connectivity index (χ0) is 26.5. The normalized spacial score (nSPS) is 14.4. The second kappa shape index (κ2) is 11.8. The third kappa shape index (κ3) is 6.33. The lowest BCUT2D eigenvalue weighted by molar-refractivity contribution is -0.384. The number of carbonyl (C=O) groups is 2. The van der Waals surface area contributed by atoms with Crippen LogP contribution >= 0.6 is 39.3 Å². The fraction of sp³-hybridized carbons (Fsp3) is 0.154. The predicted octanol–water partition coefficient (Wildman–Crippen LogP) is 7.22. The van der Waals surface area contributed by atoms with Crippen LogP contribution in [-0.4, -0.2) is 27.6 Å². The Labute approximate surface area is 230 Å². The molecule has 0 spiro atoms. The van der Waals surface area contributed by atoms with Gasteiger partial charge in [0.25, 0.3) is 16.8 Å². The Kier molecular flexibility index (Phi) is 8.52. The van der Waals surface area contributed by atoms with Gasteiger partial charge in [0.2, 0.25) is 0 Å². The highest BCUT2D eigenvalue weighted by Crippen LogP contribution is 2.40. The lowest BCUT2D eigenvalue weighted by Gasteiger charge is -2.15. The van der Waals surface area contributed by atoms with Crippen LogP contribution in [0.15, 0.2) is 70.0 Å². The number of ether oxygens (including phenoxy) is 2. The maximum atomic E-state index is 13.0. The summed E-state index contributed by atoms with van der Waals surface area (Å²) in [6.07, 6.45) is 1.63. The number of amides is 2. The summed E-state index contributed by atoms with van der Waals surface area (Å²) in [5.74, 6) is 0.493. The highest BCUT2D eigenvalue weighted by molar-refractivity contribution is 9.10. The van der Waals surface area contributed by atoms with Gasteiger partial charge in [-0.2, -0.15) is 0 Å². The fourth-order valence-corrected chi connectivity index (χ4v) is 5.14. The van der Waals surface area contributed by atoms with E-state index in [1.807, 2.05) is 6.92 Å². The van der Waals surface area contributed by atoms with E-state index in [-0.39, 0.29) is 29.0 Å². The molecule has 3 aromatic rings. The van der Waals surface area contributed by atoms with E-state index < -0.39 is 10.8 Å². The van der Waals surface area contributed by atoms with E-state index in [9.17, 15) is 19.7 Å². The SMILES string of the molecule is CCOc1cc(/C=C2\SC(=O)N(Cc3ccccc3Cl)C2=O)cc(Br)c1OCc1ccc([N+](=O)[O-])cc1. The average molecular weight is 604 g/mol. The van der Waals surface area contributed by atoms with Crippen LogP contribution in [0.3, 0.4) is 0 Å². The first-order chi connectivity index (χ1) is 17.8. The molecule has 0 N–H and O–H groups in total. The van der Waals surface area contributed by atoms with Crippen LogP contribution < -0.4 is 9.47 Å². The third-order valence-corrected chi connectivity index (χ3v) is 7.18. The predicted molar refractivity (Wildman–Crippen MR) is 146 cm³/mol. The largest absolute Gasteiger partial charge is 0.490 e. The third-order valence-electron chi connectivity index (χ3n) is 5.32. The maximum Gasteiger partial charge on any atom is 0.293 e. The van der Waals surface area contributed by atoms with Crippen molar-refractivity contribution in [2.24, 2.45) is 0 Å². The van der Waals surface area contributed by atoms with Crippen LogP contribution in [0.25, 0.3) is 6.08 Å². The molecule has 0 saturated carbocycles. The first-order valence-corrected chi connectivity index (χ1v) is 13.1. The molecule has 1 saturated heterocycles. The molecule has 2 amide bonds. The number of rotatable bonds is 9. The Morgan fingerprint density at radius 3 is 2.51 bits per heavy atom. The number of nitro groups is 1. The van der Waals surface area contributed by atoms with Gasteiger partial charge in [0, 0.05) is 17.2 Å². The van der Waals surface area contributed by atoms with Gasteiger partial charge >= 0.3 is 0 Å². The molecular weight excluding hydrogens is 584 g/mol. The number of thioether (sulfide) groups is 1. The van der Waals surface area contributed by atoms with Crippen molar-refractivity contribution < 1.29 is 24.0 Å². The minimum atomic E-state index is -0.460. The van der Waals surface area contributed by atoms with E-state index >= 15 is 0 Å². The van der Waals surface area contributed by atoms with Crippen molar-refractivity contribution in [2.45, 2.75) is 20.1 Å². The molecule has 0 aromatic heterocycles. The van der Waals surface area contributed by atoms with Gasteiger partial charge in [-0.05, 0) is 87.7 Å². The molecule has 37 heavy (non-hydrogen) atoms. The fourth-order valence-electron chi connectivity index (χ4n) is 3.53. The second-order valence-corrected chi connectivity index (χ2v) is 10.1. The van der Waals surface area contributed by atoms with E-state index in [1.54, 1.807) is 54.6 Å². The van der Waals surface area contributed by atoms with E-state index in [2.05, 4.69) is 15.9 Å². The van der Waals surface area contributed by atoms with Crippen LogP contribution in [0.2, 0.25) is 5.02 Å². The van der Waals surface area contributed by atoms with Crippen molar-refractivity contribution in [3.63, 3.8) is 0 Å². The molecule has 11 heteroatoms. The first kappa shape index (κ1) is 26.7. The number of carbonyl (C=O) groups excluding carboxylic acids is 2. The van der Waals surface area contributed by atoms with Crippen LogP contribution in [0.4, 0.5) is 10.5 Å². The number of hydrogen-bond donors (Lipinski definition) is 0. The number of non-ortho nitro benzene ring substituents is 1. The minimum absolute atomic E-state index is 0.000527. The number of halogens is 2. The summed E-state index contributed by atoms with van der Waals surface area (Å²) in [5.41, 5.74) is 2.07. The van der Waals surface area contributed by atoms with Gasteiger partial charge in [0.05, 0.1) is 27.5 Å². The summed E-state index contributed by atoms with van der Waals surface area (Å²) in [5, 5.41) is 11.0. The Bertz CT molecular complexity index is 1400. The smallest absolute Gasteiger partial charge is 0.293 e. The van der Waals surface area contributed by atoms with E-state index in [0.717, 1.165) is 22.2 Å². The minimum Gasteiger partial charge on any atom is -0.490 e. The topological polar surface area (TPSA) is 99.0 Å². The molecule has 1 heterocycles. The Morgan fingerprint density at radius 2 is 1.84 bits per heavy atom. The summed E-state index contributed by atoms with van der Waals surface area (Å²) in [6, 6.07) is 16.6. The highest BCUT2D eigenvalue weighted by Gasteiger charge is 2.35. The maximum absolute atomic E-state index is 13.0. The molecule has 1 aliphatic heterocycles. The molecule has 1 aliphatic rings. The average Bonchev–Trinajstić information content (AvgIpc) is 3.12. The van der Waals surface area contributed by atoms with Gasteiger partial charge in [0.15, 0.2) is 11.5 Å². The van der Waals surface area contributed by atoms with Gasteiger partial charge in [-0.25, -0.2) is 0 Å². The molecule has 0 radical (unpaired) electrons. The van der Waals surface area contributed by atoms with Crippen LogP contribution in [0.1, 0.15) is 23.6 Å². The summed E-state index contributed by atoms with van der Waals surface area (Å²) in [6.45, 7) is 2.46. The molecule has 3 aromatic carbocycles. The quantitative estimate of drug-likeness (QED) is 0.145. The highest BCUT2D eigenvalue weighted by atomic mass is 79.9. The monoisotopic (exact) mass is 602 g/mol. The molecular formula is C26H20BrClN2O6S. The van der Waals surface area contributed by atoms with Crippen LogP contribution in [0.5, 0.6) is 11.5 Å². The van der Waals surface area contributed by atoms with Gasteiger partial charge in [-0.1, -0.05) is 29.8 Å². The van der Waals surface area contributed by atoms with Crippen LogP contribution in [-0.2, 0) is 17.9 Å². The molecule has 8 nitrogen and oxygen atoms in total. The first-order valence-electron chi connectivity index (χ1n) is 11.1. The molecule has 0 aliphatic carbocycles. The standard InChI is InChI=1S/C26H20BrClN2O6S/c1-2-35-22-12-17(11-20(27)24(22)36-15-16-7-9-19(10-8-16)30(33)34)13-23-25(31)29(26(32)37-23)14-18-5-3-4-6-21(18)28/h3-13H,2,14-15H2,1H3/b23-13-. The number of nitrogens with zero attached hydrogens (tertiary/aromatic N) is 2. The Morgan fingerprint density at radius 1 is 1.11 bits per heavy atom. The number of hydrogen-bond acceptors (Lipinski definition) is 7. The molecule has 0 atom stereocenters. The lowest BCUT2D eigenvalue weighted by Crippen LogP contribution is -2.27. The molecule has 190 valence electrons. The van der Waals surface area contributed by atoms with E-state index in [4.69, 9.17) is 21.1 Å². The Hall–Kier alpha value is -3.34. The van der Waals surface area contributed by atoms with Crippen molar-refractivity contribution in [1.82, 2.24) is 4.90 Å². The van der Waals surface area contributed by atoms with Gasteiger partial charge in [0.1, 0.15) is 6.61 Å². The molecule has 0 unspecified atom stereocenters. The number of imide groups is 1. The van der Waals surface area contributed by atoms with Crippen molar-refractivity contribution in [1.29, 1.82) is 0 Å². The van der Waals surface area contributed by atoms with Crippen LogP contribution in [0, 0.1) is 10.1 Å². The summed E-state index contributed by atoms with van der Waals surface area (Å²) >= 11 is 10.6. The van der Waals surface area contributed by atoms with Crippen molar-refractivity contribution in [3.8, 4) is 11.5 Å². The number of benzene rings is 3. The van der Waals surface area contributed by atoms with Crippen molar-refractivity contribution in [2.75, 3.05) is 6.61 Å². The van der Waals surface area contributed by atoms with Gasteiger partial charge in [-0.3, -0.25) is 24.6 Å². The summed E-state index contributed by atoms with van der Waals surface area (Å²) < 4.78 is 12.3. The zero-order valence-corrected chi connectivity index (χ0v) is 22.6. The van der Waals surface area contributed by atoms with E-state index in [0.29, 0.717) is 38.7 Å². The Balaban J connectivity index is 1.54. The lowest BCUT2D eigenvalue weighted by atomic mass is 10.1. The second-order valence-electron chi connectivity index (χ2n) is 7.83. The van der Waals surface area contributed by atoms with Crippen molar-refractivity contribution in [3.05, 3.63) is 102 Å². The van der Waals surface area contributed by atoms with E-state index in [1.165, 1.54) is 12.1 Å². The van der Waals surface area contributed by atoms with Gasteiger partial charge < -0.3 is 9.47 Å². The van der Waals surface area contributed by atoms with Crippen molar-refractivity contribution >= 4 is 62.2 Å². The molecule has 1 fully saturated rings. The zero-order valence-electron chi connectivity index (χ0n) is 19.5. The molecule has 4 rings (SSSR count). The number of nitro benzene ring substituents is 1. The summed E-state index contributed by atoms with van der Waals surface area (Å²) in [4.78, 5) is 37.4. The summed E-state index contributed by atoms with van der Waals surface area (Å²) in [7, 11) is 0. The molecule has 0 bridgehead atoms. The van der Waals surface area contributed by atoms with Gasteiger partial charge in [-0.15, -0.1) is 0 Å².